The predicted octanol–water partition coefficient (Wildman–Crippen LogP) is 3.13. The average molecular weight is 450 g/mol. The lowest BCUT2D eigenvalue weighted by Gasteiger charge is -2.27. The van der Waals surface area contributed by atoms with E-state index in [9.17, 15) is 35.5 Å². The minimum Gasteiger partial charge on any atom is -0.458 e. The van der Waals surface area contributed by atoms with Gasteiger partial charge in [-0.2, -0.15) is 40.8 Å². The number of rotatable bonds is 7. The fraction of sp³-hybridized carbons (Fsp3) is 0.429. The van der Waals surface area contributed by atoms with Gasteiger partial charge in [0.1, 0.15) is 6.54 Å². The zero-order chi connectivity index (χ0) is 22.0. The number of esters is 1. The Labute approximate surface area is 163 Å². The molecule has 0 saturated heterocycles. The topological polar surface area (TPSA) is 73.1 Å². The minimum absolute atomic E-state index is 0.113. The fourth-order valence-corrected chi connectivity index (χ4v) is 1.99. The Kier molecular flexibility index (Phi) is 6.25. The molecular weight excluding hydrogens is 439 g/mol. The second-order valence-electron chi connectivity index (χ2n) is 5.61. The monoisotopic (exact) mass is 449 g/mol. The highest BCUT2D eigenvalue weighted by Crippen LogP contribution is 2.46. The number of carbonyl (C=O) groups is 1. The average Bonchev–Trinajstić information content (AvgIpc) is 3.05. The fourth-order valence-electron chi connectivity index (χ4n) is 1.86. The molecule has 0 radical (unpaired) electrons. The van der Waals surface area contributed by atoms with E-state index in [0.29, 0.717) is 5.02 Å². The van der Waals surface area contributed by atoms with Gasteiger partial charge in [0.05, 0.1) is 17.4 Å². The van der Waals surface area contributed by atoms with Crippen LogP contribution in [0.4, 0.5) is 36.7 Å². The molecule has 2 aromatic rings. The SMILES string of the molecule is CN(CC(=O)OCC(F)(F)C(F)(F)C(F)(F)F)c1nccc(-n2cc(Cl)cn2)n1. The summed E-state index contributed by atoms with van der Waals surface area (Å²) in [7, 11) is 1.24. The molecule has 15 heteroatoms. The van der Waals surface area contributed by atoms with Crippen LogP contribution in [0.15, 0.2) is 24.7 Å². The quantitative estimate of drug-likeness (QED) is 0.478. The van der Waals surface area contributed by atoms with Gasteiger partial charge >= 0.3 is 24.0 Å². The van der Waals surface area contributed by atoms with E-state index in [1.807, 2.05) is 0 Å². The van der Waals surface area contributed by atoms with Crippen molar-refractivity contribution in [2.75, 3.05) is 25.1 Å². The van der Waals surface area contributed by atoms with Gasteiger partial charge in [-0.05, 0) is 0 Å². The first-order chi connectivity index (χ1) is 13.2. The lowest BCUT2D eigenvalue weighted by atomic mass is 10.2. The number of nitrogens with zero attached hydrogens (tertiary/aromatic N) is 5. The Balaban J connectivity index is 2.01. The van der Waals surface area contributed by atoms with E-state index in [1.54, 1.807) is 0 Å². The van der Waals surface area contributed by atoms with E-state index in [2.05, 4.69) is 19.8 Å². The third kappa shape index (κ3) is 5.05. The summed E-state index contributed by atoms with van der Waals surface area (Å²) in [6.45, 7) is -3.27. The highest BCUT2D eigenvalue weighted by Gasteiger charge is 2.73. The van der Waals surface area contributed by atoms with E-state index in [4.69, 9.17) is 11.6 Å². The summed E-state index contributed by atoms with van der Waals surface area (Å²) in [5.74, 6) is -13.4. The molecule has 0 aliphatic rings. The number of aromatic nitrogens is 4. The molecule has 29 heavy (non-hydrogen) atoms. The summed E-state index contributed by atoms with van der Waals surface area (Å²) >= 11 is 5.73. The normalized spacial score (nSPS) is 12.7. The molecule has 7 nitrogen and oxygen atoms in total. The maximum Gasteiger partial charge on any atom is 0.460 e. The molecule has 0 saturated carbocycles. The predicted molar refractivity (Wildman–Crippen MR) is 84.3 cm³/mol. The molecule has 0 unspecified atom stereocenters. The Morgan fingerprint density at radius 1 is 1.24 bits per heavy atom. The zero-order valence-electron chi connectivity index (χ0n) is 14.3. The zero-order valence-corrected chi connectivity index (χ0v) is 15.1. The van der Waals surface area contributed by atoms with E-state index in [-0.39, 0.29) is 11.8 Å². The maximum atomic E-state index is 13.2. The van der Waals surface area contributed by atoms with Gasteiger partial charge in [-0.15, -0.1) is 0 Å². The van der Waals surface area contributed by atoms with Gasteiger partial charge in [-0.1, -0.05) is 11.6 Å². The van der Waals surface area contributed by atoms with Gasteiger partial charge in [0, 0.05) is 19.3 Å². The summed E-state index contributed by atoms with van der Waals surface area (Å²) in [5, 5.41) is 4.19. The third-order valence-corrected chi connectivity index (χ3v) is 3.55. The highest BCUT2D eigenvalue weighted by atomic mass is 35.5. The minimum atomic E-state index is -6.51. The Hall–Kier alpha value is -2.64. The molecule has 160 valence electrons. The van der Waals surface area contributed by atoms with Crippen LogP contribution in [0, 0.1) is 0 Å². The first-order valence-electron chi connectivity index (χ1n) is 7.47. The van der Waals surface area contributed by atoms with Crippen molar-refractivity contribution < 1.29 is 40.3 Å². The molecular formula is C14H11ClF7N5O2. The lowest BCUT2D eigenvalue weighted by molar-refractivity contribution is -0.359. The van der Waals surface area contributed by atoms with Gasteiger partial charge in [-0.3, -0.25) is 4.79 Å². The number of likely N-dealkylation sites (N-methyl/N-ethyl adjacent to an activating group) is 1. The lowest BCUT2D eigenvalue weighted by Crippen LogP contribution is -2.54. The molecule has 2 aromatic heterocycles. The number of carbonyl (C=O) groups excluding carboxylic acids is 1. The van der Waals surface area contributed by atoms with Crippen molar-refractivity contribution in [2.24, 2.45) is 0 Å². The van der Waals surface area contributed by atoms with Crippen molar-refractivity contribution >= 4 is 23.5 Å². The van der Waals surface area contributed by atoms with Gasteiger partial charge in [0.2, 0.25) is 5.95 Å². The van der Waals surface area contributed by atoms with Crippen LogP contribution in [0.1, 0.15) is 0 Å². The van der Waals surface area contributed by atoms with Crippen molar-refractivity contribution in [3.63, 3.8) is 0 Å². The summed E-state index contributed by atoms with van der Waals surface area (Å²) in [5.41, 5.74) is 0. The van der Waals surface area contributed by atoms with Gasteiger partial charge < -0.3 is 9.64 Å². The summed E-state index contributed by atoms with van der Waals surface area (Å²) < 4.78 is 93.2. The van der Waals surface area contributed by atoms with Crippen molar-refractivity contribution in [1.82, 2.24) is 19.7 Å². The number of hydrogen-bond donors (Lipinski definition) is 0. The van der Waals surface area contributed by atoms with Crippen molar-refractivity contribution in [3.05, 3.63) is 29.7 Å². The van der Waals surface area contributed by atoms with E-state index >= 15 is 0 Å². The molecule has 0 aliphatic carbocycles. The summed E-state index contributed by atoms with van der Waals surface area (Å²) in [6, 6.07) is 1.43. The summed E-state index contributed by atoms with van der Waals surface area (Å²) in [6.07, 6.45) is -2.51. The van der Waals surface area contributed by atoms with E-state index in [0.717, 1.165) is 4.90 Å². The first-order valence-corrected chi connectivity index (χ1v) is 7.85. The second kappa shape index (κ2) is 8.00. The number of halogens is 8. The van der Waals surface area contributed by atoms with Crippen LogP contribution in [0.25, 0.3) is 5.82 Å². The second-order valence-corrected chi connectivity index (χ2v) is 6.05. The molecule has 0 bridgehead atoms. The van der Waals surface area contributed by atoms with Crippen molar-refractivity contribution in [1.29, 1.82) is 0 Å². The molecule has 0 fully saturated rings. The standard InChI is InChI=1S/C14H11ClF7N5O2/c1-26(11-23-3-2-9(25-11)27-5-8(15)4-24-27)6-10(28)29-7-12(16,17)13(18,19)14(20,21)22/h2-5H,6-7H2,1H3. The Morgan fingerprint density at radius 3 is 2.45 bits per heavy atom. The summed E-state index contributed by atoms with van der Waals surface area (Å²) in [4.78, 5) is 20.4. The van der Waals surface area contributed by atoms with Crippen LogP contribution >= 0.6 is 11.6 Å². The number of ether oxygens (including phenoxy) is 1. The maximum absolute atomic E-state index is 13.2. The van der Waals surface area contributed by atoms with Crippen LogP contribution < -0.4 is 4.90 Å². The molecule has 0 atom stereocenters. The number of alkyl halides is 7. The van der Waals surface area contributed by atoms with Gasteiger partial charge in [0.15, 0.2) is 12.4 Å². The van der Waals surface area contributed by atoms with E-state index in [1.165, 1.54) is 36.4 Å². The van der Waals surface area contributed by atoms with Crippen LogP contribution in [0.2, 0.25) is 5.02 Å². The Bertz CT molecular complexity index is 874. The third-order valence-electron chi connectivity index (χ3n) is 3.35. The van der Waals surface area contributed by atoms with E-state index < -0.39 is 37.1 Å². The number of anilines is 1. The van der Waals surface area contributed by atoms with Crippen LogP contribution in [-0.2, 0) is 9.53 Å². The molecule has 2 rings (SSSR count). The molecule has 2 heterocycles. The van der Waals surface area contributed by atoms with Crippen LogP contribution in [0.3, 0.4) is 0 Å². The molecule has 0 aromatic carbocycles. The highest BCUT2D eigenvalue weighted by molar-refractivity contribution is 6.30. The van der Waals surface area contributed by atoms with Crippen LogP contribution in [-0.4, -0.2) is 63.9 Å². The number of hydrogen-bond acceptors (Lipinski definition) is 6. The smallest absolute Gasteiger partial charge is 0.458 e. The molecule has 0 spiro atoms. The van der Waals surface area contributed by atoms with Crippen LogP contribution in [0.5, 0.6) is 0 Å². The van der Waals surface area contributed by atoms with Crippen molar-refractivity contribution in [2.45, 2.75) is 18.0 Å². The largest absolute Gasteiger partial charge is 0.460 e. The van der Waals surface area contributed by atoms with Gasteiger partial charge in [0.25, 0.3) is 0 Å². The molecule has 0 aliphatic heterocycles. The first kappa shape index (κ1) is 22.6. The molecule has 0 N–H and O–H groups in total. The van der Waals surface area contributed by atoms with Gasteiger partial charge in [-0.25, -0.2) is 9.67 Å². The Morgan fingerprint density at radius 2 is 1.90 bits per heavy atom. The molecule has 0 amide bonds. The van der Waals surface area contributed by atoms with Crippen molar-refractivity contribution in [3.8, 4) is 5.82 Å².